The van der Waals surface area contributed by atoms with Gasteiger partial charge in [0, 0.05) is 36.8 Å². The number of carbonyl (C=O) groups excluding carboxylic acids is 1. The Bertz CT molecular complexity index is 1020. The molecule has 7 nitrogen and oxygen atoms in total. The van der Waals surface area contributed by atoms with Crippen molar-refractivity contribution in [1.29, 1.82) is 0 Å². The molecule has 0 aliphatic carbocycles. The molecule has 0 spiro atoms. The van der Waals surface area contributed by atoms with Crippen molar-refractivity contribution in [1.82, 2.24) is 24.4 Å². The lowest BCUT2D eigenvalue weighted by atomic mass is 10.2. The third-order valence-corrected chi connectivity index (χ3v) is 3.68. The summed E-state index contributed by atoms with van der Waals surface area (Å²) >= 11 is 0. The lowest BCUT2D eigenvalue weighted by Crippen LogP contribution is -2.16. The topological polar surface area (TPSA) is 77.1 Å². The minimum Gasteiger partial charge on any atom is -0.320 e. The first-order valence-electron chi connectivity index (χ1n) is 7.42. The third-order valence-electron chi connectivity index (χ3n) is 3.68. The van der Waals surface area contributed by atoms with Crippen LogP contribution in [0.1, 0.15) is 10.5 Å². The zero-order chi connectivity index (χ0) is 16.5. The van der Waals surface area contributed by atoms with E-state index in [-0.39, 0.29) is 5.91 Å². The normalized spacial score (nSPS) is 10.9. The van der Waals surface area contributed by atoms with Gasteiger partial charge in [0.1, 0.15) is 5.69 Å². The highest BCUT2D eigenvalue weighted by Crippen LogP contribution is 2.18. The number of carbonyl (C=O) groups is 1. The van der Waals surface area contributed by atoms with Crippen LogP contribution in [0.3, 0.4) is 0 Å². The number of hydrogen-bond donors (Lipinski definition) is 1. The Morgan fingerprint density at radius 2 is 1.96 bits per heavy atom. The molecule has 0 saturated heterocycles. The number of benzene rings is 1. The van der Waals surface area contributed by atoms with Gasteiger partial charge in [0.15, 0.2) is 11.5 Å². The summed E-state index contributed by atoms with van der Waals surface area (Å²) in [4.78, 5) is 16.8. The zero-order valence-electron chi connectivity index (χ0n) is 12.9. The quantitative estimate of drug-likeness (QED) is 0.629. The van der Waals surface area contributed by atoms with E-state index < -0.39 is 0 Å². The molecule has 0 radical (unpaired) electrons. The summed E-state index contributed by atoms with van der Waals surface area (Å²) in [6, 6.07) is 15.0. The lowest BCUT2D eigenvalue weighted by Gasteiger charge is -2.05. The van der Waals surface area contributed by atoms with Crippen LogP contribution in [0.5, 0.6) is 0 Å². The zero-order valence-corrected chi connectivity index (χ0v) is 12.9. The fraction of sp³-hybridized carbons (Fsp3) is 0.0588. The Labute approximate surface area is 137 Å². The van der Waals surface area contributed by atoms with Crippen LogP contribution >= 0.6 is 0 Å². The van der Waals surface area contributed by atoms with Crippen LogP contribution in [0.4, 0.5) is 5.69 Å². The number of pyridine rings is 1. The highest BCUT2D eigenvalue weighted by Gasteiger charge is 2.11. The average molecular weight is 318 g/mol. The van der Waals surface area contributed by atoms with E-state index in [0.717, 1.165) is 5.56 Å². The minimum absolute atomic E-state index is 0.220. The SMILES string of the molecule is Cn1nccc1C(=O)Nc1ccn2nc(-c3ccccc3)nc2c1. The maximum atomic E-state index is 12.2. The molecule has 4 aromatic rings. The molecule has 0 atom stereocenters. The summed E-state index contributed by atoms with van der Waals surface area (Å²) in [5.74, 6) is 0.424. The van der Waals surface area contributed by atoms with Crippen molar-refractivity contribution in [2.24, 2.45) is 7.05 Å². The summed E-state index contributed by atoms with van der Waals surface area (Å²) in [5.41, 5.74) is 2.75. The van der Waals surface area contributed by atoms with Gasteiger partial charge in [-0.25, -0.2) is 9.50 Å². The van der Waals surface area contributed by atoms with Crippen molar-refractivity contribution >= 4 is 17.2 Å². The standard InChI is InChI=1S/C17H14N6O/c1-22-14(7-9-18-22)17(24)19-13-8-10-23-15(11-13)20-16(21-23)12-5-3-2-4-6-12/h2-11H,1H3,(H,19,24). The Morgan fingerprint density at radius 3 is 2.71 bits per heavy atom. The second kappa shape index (κ2) is 5.62. The molecule has 0 aliphatic heterocycles. The number of hydrogen-bond acceptors (Lipinski definition) is 4. The van der Waals surface area contributed by atoms with E-state index in [4.69, 9.17) is 0 Å². The Hall–Kier alpha value is -3.48. The summed E-state index contributed by atoms with van der Waals surface area (Å²) < 4.78 is 3.21. The number of anilines is 1. The fourth-order valence-corrected chi connectivity index (χ4v) is 2.46. The molecule has 1 N–H and O–H groups in total. The van der Waals surface area contributed by atoms with Crippen molar-refractivity contribution in [2.45, 2.75) is 0 Å². The van der Waals surface area contributed by atoms with Crippen LogP contribution < -0.4 is 5.32 Å². The van der Waals surface area contributed by atoms with E-state index in [9.17, 15) is 4.79 Å². The Kier molecular flexibility index (Phi) is 3.31. The van der Waals surface area contributed by atoms with E-state index >= 15 is 0 Å². The molecule has 0 fully saturated rings. The van der Waals surface area contributed by atoms with Gasteiger partial charge < -0.3 is 5.32 Å². The fourth-order valence-electron chi connectivity index (χ4n) is 2.46. The summed E-state index contributed by atoms with van der Waals surface area (Å²) in [5, 5.41) is 11.3. The molecule has 24 heavy (non-hydrogen) atoms. The first kappa shape index (κ1) is 14.1. The summed E-state index contributed by atoms with van der Waals surface area (Å²) in [6.07, 6.45) is 3.36. The second-order valence-electron chi connectivity index (χ2n) is 5.31. The molecule has 7 heteroatoms. The van der Waals surface area contributed by atoms with Crippen molar-refractivity contribution in [3.05, 3.63) is 66.6 Å². The van der Waals surface area contributed by atoms with Crippen molar-refractivity contribution < 1.29 is 4.79 Å². The van der Waals surface area contributed by atoms with Gasteiger partial charge in [-0.1, -0.05) is 30.3 Å². The first-order valence-corrected chi connectivity index (χ1v) is 7.42. The van der Waals surface area contributed by atoms with Gasteiger partial charge in [0.25, 0.3) is 5.91 Å². The highest BCUT2D eigenvalue weighted by molar-refractivity contribution is 6.03. The lowest BCUT2D eigenvalue weighted by molar-refractivity contribution is 0.101. The molecule has 0 unspecified atom stereocenters. The van der Waals surface area contributed by atoms with Crippen LogP contribution in [0.25, 0.3) is 17.0 Å². The van der Waals surface area contributed by atoms with Crippen LogP contribution in [-0.2, 0) is 7.05 Å². The predicted octanol–water partition coefficient (Wildman–Crippen LogP) is 2.38. The summed E-state index contributed by atoms with van der Waals surface area (Å²) in [6.45, 7) is 0. The van der Waals surface area contributed by atoms with Gasteiger partial charge >= 0.3 is 0 Å². The average Bonchev–Trinajstić information content (AvgIpc) is 3.21. The third kappa shape index (κ3) is 2.52. The largest absolute Gasteiger partial charge is 0.320 e. The van der Waals surface area contributed by atoms with Gasteiger partial charge in [-0.2, -0.15) is 5.10 Å². The molecule has 4 rings (SSSR count). The number of nitrogens with zero attached hydrogens (tertiary/aromatic N) is 5. The molecule has 1 amide bonds. The van der Waals surface area contributed by atoms with Crippen molar-refractivity contribution in [3.63, 3.8) is 0 Å². The van der Waals surface area contributed by atoms with Gasteiger partial charge in [-0.3, -0.25) is 9.48 Å². The Morgan fingerprint density at radius 1 is 1.12 bits per heavy atom. The van der Waals surface area contributed by atoms with E-state index in [1.807, 2.05) is 30.3 Å². The van der Waals surface area contributed by atoms with Gasteiger partial charge in [0.05, 0.1) is 0 Å². The maximum absolute atomic E-state index is 12.2. The maximum Gasteiger partial charge on any atom is 0.273 e. The molecule has 1 aromatic carbocycles. The molecule has 3 heterocycles. The second-order valence-corrected chi connectivity index (χ2v) is 5.31. The molecule has 0 saturated carbocycles. The Balaban J connectivity index is 1.64. The van der Waals surface area contributed by atoms with Crippen LogP contribution in [0.15, 0.2) is 60.9 Å². The molecule has 0 aliphatic rings. The number of aryl methyl sites for hydroxylation is 1. The number of fused-ring (bicyclic) bond motifs is 1. The molecular weight excluding hydrogens is 304 g/mol. The predicted molar refractivity (Wildman–Crippen MR) is 89.6 cm³/mol. The van der Waals surface area contributed by atoms with E-state index in [1.165, 1.54) is 4.68 Å². The molecule has 118 valence electrons. The monoisotopic (exact) mass is 318 g/mol. The number of rotatable bonds is 3. The van der Waals surface area contributed by atoms with E-state index in [1.54, 1.807) is 42.2 Å². The number of nitrogens with one attached hydrogen (secondary N) is 1. The van der Waals surface area contributed by atoms with Crippen LogP contribution in [0.2, 0.25) is 0 Å². The van der Waals surface area contributed by atoms with E-state index in [0.29, 0.717) is 22.9 Å². The van der Waals surface area contributed by atoms with Crippen LogP contribution in [0, 0.1) is 0 Å². The van der Waals surface area contributed by atoms with Crippen molar-refractivity contribution in [3.8, 4) is 11.4 Å². The minimum atomic E-state index is -0.220. The number of amides is 1. The first-order chi connectivity index (χ1) is 11.7. The van der Waals surface area contributed by atoms with Crippen LogP contribution in [-0.4, -0.2) is 30.3 Å². The highest BCUT2D eigenvalue weighted by atomic mass is 16.2. The van der Waals surface area contributed by atoms with Gasteiger partial charge in [-0.05, 0) is 12.1 Å². The molecule has 0 bridgehead atoms. The van der Waals surface area contributed by atoms with Gasteiger partial charge in [-0.15, -0.1) is 5.10 Å². The molecular formula is C17H14N6O. The smallest absolute Gasteiger partial charge is 0.273 e. The van der Waals surface area contributed by atoms with E-state index in [2.05, 4.69) is 20.5 Å². The molecule has 3 aromatic heterocycles. The summed E-state index contributed by atoms with van der Waals surface area (Å²) in [7, 11) is 1.72. The number of aromatic nitrogens is 5. The van der Waals surface area contributed by atoms with Crippen molar-refractivity contribution in [2.75, 3.05) is 5.32 Å². The van der Waals surface area contributed by atoms with Gasteiger partial charge in [0.2, 0.25) is 0 Å².